The molecule has 1 unspecified atom stereocenters. The van der Waals surface area contributed by atoms with E-state index in [0.29, 0.717) is 12.1 Å². The average Bonchev–Trinajstić information content (AvgIpc) is 2.37. The first kappa shape index (κ1) is 16.4. The number of carbonyl (C=O) groups is 1. The number of anilines is 1. The third kappa shape index (κ3) is 5.17. The molecule has 5 heteroatoms. The number of nitrogens with two attached hydrogens (primary N) is 1. The van der Waals surface area contributed by atoms with Gasteiger partial charge in [-0.05, 0) is 44.5 Å². The molecule has 3 N–H and O–H groups in total. The van der Waals surface area contributed by atoms with Crippen LogP contribution >= 0.6 is 12.2 Å². The maximum atomic E-state index is 12.1. The van der Waals surface area contributed by atoms with Gasteiger partial charge < -0.3 is 15.8 Å². The predicted molar refractivity (Wildman–Crippen MR) is 86.0 cm³/mol. The summed E-state index contributed by atoms with van der Waals surface area (Å²) in [5.74, 6) is 0.205. The Morgan fingerprint density at radius 2 is 1.95 bits per heavy atom. The van der Waals surface area contributed by atoms with Crippen LogP contribution in [0.3, 0.4) is 0 Å². The van der Waals surface area contributed by atoms with E-state index in [4.69, 9.17) is 22.7 Å². The molecule has 0 aliphatic carbocycles. The van der Waals surface area contributed by atoms with Crippen LogP contribution in [0.15, 0.2) is 24.3 Å². The molecule has 0 fully saturated rings. The van der Waals surface area contributed by atoms with Crippen LogP contribution in [0.1, 0.15) is 33.6 Å². The lowest BCUT2D eigenvalue weighted by atomic mass is 10.0. The molecule has 1 atom stereocenters. The second-order valence-electron chi connectivity index (χ2n) is 4.92. The van der Waals surface area contributed by atoms with Crippen LogP contribution in [-0.2, 0) is 4.79 Å². The van der Waals surface area contributed by atoms with Crippen LogP contribution in [-0.4, -0.2) is 17.0 Å². The van der Waals surface area contributed by atoms with Crippen molar-refractivity contribution in [3.05, 3.63) is 24.3 Å². The Balaban J connectivity index is 2.67. The summed E-state index contributed by atoms with van der Waals surface area (Å²) in [5.41, 5.74) is 6.32. The highest BCUT2D eigenvalue weighted by Crippen LogP contribution is 2.18. The Morgan fingerprint density at radius 3 is 2.40 bits per heavy atom. The first-order valence-corrected chi connectivity index (χ1v) is 7.21. The SMILES string of the molecule is CCCC(C(=O)Nc1ccc(OC(C)C)cc1)C(N)=S. The standard InChI is InChI=1S/C15H22N2O2S/c1-4-5-13(14(16)20)15(18)17-11-6-8-12(9-7-11)19-10(2)3/h6-10,13H,4-5H2,1-3H3,(H2,16,20)(H,17,18). The van der Waals surface area contributed by atoms with Gasteiger partial charge in [-0.25, -0.2) is 0 Å². The minimum absolute atomic E-state index is 0.124. The largest absolute Gasteiger partial charge is 0.491 e. The number of rotatable bonds is 7. The normalized spacial score (nSPS) is 12.0. The molecule has 110 valence electrons. The number of hydrogen-bond acceptors (Lipinski definition) is 3. The van der Waals surface area contributed by atoms with Crippen molar-refractivity contribution in [1.29, 1.82) is 0 Å². The zero-order chi connectivity index (χ0) is 15.1. The molecule has 20 heavy (non-hydrogen) atoms. The maximum Gasteiger partial charge on any atom is 0.234 e. The van der Waals surface area contributed by atoms with E-state index in [1.165, 1.54) is 0 Å². The summed E-state index contributed by atoms with van der Waals surface area (Å²) < 4.78 is 5.54. The van der Waals surface area contributed by atoms with E-state index < -0.39 is 5.92 Å². The molecule has 0 heterocycles. The van der Waals surface area contributed by atoms with Crippen molar-refractivity contribution in [2.24, 2.45) is 11.7 Å². The third-order valence-electron chi connectivity index (χ3n) is 2.73. The molecule has 0 aliphatic heterocycles. The van der Waals surface area contributed by atoms with Crippen molar-refractivity contribution in [3.63, 3.8) is 0 Å². The number of thiocarbonyl (C=S) groups is 1. The smallest absolute Gasteiger partial charge is 0.234 e. The Morgan fingerprint density at radius 1 is 1.35 bits per heavy atom. The number of hydrogen-bond donors (Lipinski definition) is 2. The molecule has 0 aromatic heterocycles. The van der Waals surface area contributed by atoms with Crippen LogP contribution in [0.4, 0.5) is 5.69 Å². The summed E-state index contributed by atoms with van der Waals surface area (Å²) >= 11 is 4.94. The van der Waals surface area contributed by atoms with E-state index in [9.17, 15) is 4.79 Å². The number of benzene rings is 1. The van der Waals surface area contributed by atoms with E-state index in [1.54, 1.807) is 12.1 Å². The van der Waals surface area contributed by atoms with Crippen LogP contribution in [0.5, 0.6) is 5.75 Å². The van der Waals surface area contributed by atoms with Crippen molar-refractivity contribution in [2.75, 3.05) is 5.32 Å². The van der Waals surface area contributed by atoms with E-state index in [0.717, 1.165) is 12.2 Å². The molecule has 0 bridgehead atoms. The quantitative estimate of drug-likeness (QED) is 0.758. The number of nitrogens with one attached hydrogen (secondary N) is 1. The van der Waals surface area contributed by atoms with Gasteiger partial charge in [0.25, 0.3) is 0 Å². The zero-order valence-electron chi connectivity index (χ0n) is 12.2. The number of amides is 1. The van der Waals surface area contributed by atoms with Gasteiger partial charge in [-0.15, -0.1) is 0 Å². The van der Waals surface area contributed by atoms with E-state index in [2.05, 4.69) is 5.32 Å². The van der Waals surface area contributed by atoms with Crippen molar-refractivity contribution >= 4 is 28.8 Å². The van der Waals surface area contributed by atoms with Gasteiger partial charge in [0.05, 0.1) is 17.0 Å². The average molecular weight is 294 g/mol. The molecule has 1 aromatic carbocycles. The van der Waals surface area contributed by atoms with Crippen molar-refractivity contribution in [3.8, 4) is 5.75 Å². The highest BCUT2D eigenvalue weighted by molar-refractivity contribution is 7.80. The lowest BCUT2D eigenvalue weighted by Crippen LogP contribution is -2.33. The Bertz CT molecular complexity index is 457. The van der Waals surface area contributed by atoms with Crippen LogP contribution < -0.4 is 15.8 Å². The molecule has 4 nitrogen and oxygen atoms in total. The van der Waals surface area contributed by atoms with Gasteiger partial charge in [0.2, 0.25) is 5.91 Å². The fourth-order valence-electron chi connectivity index (χ4n) is 1.81. The fraction of sp³-hybridized carbons (Fsp3) is 0.467. The number of carbonyl (C=O) groups excluding carboxylic acids is 1. The molecule has 1 aromatic rings. The van der Waals surface area contributed by atoms with E-state index in [-0.39, 0.29) is 17.0 Å². The molecular weight excluding hydrogens is 272 g/mol. The molecule has 0 radical (unpaired) electrons. The molecule has 0 saturated heterocycles. The molecule has 0 saturated carbocycles. The van der Waals surface area contributed by atoms with Gasteiger partial charge in [-0.2, -0.15) is 0 Å². The van der Waals surface area contributed by atoms with E-state index >= 15 is 0 Å². The van der Waals surface area contributed by atoms with Gasteiger partial charge in [-0.1, -0.05) is 25.6 Å². The topological polar surface area (TPSA) is 64.3 Å². The molecular formula is C15H22N2O2S. The van der Waals surface area contributed by atoms with Crippen molar-refractivity contribution in [1.82, 2.24) is 0 Å². The fourth-order valence-corrected chi connectivity index (χ4v) is 2.03. The Hall–Kier alpha value is -1.62. The van der Waals surface area contributed by atoms with E-state index in [1.807, 2.05) is 32.9 Å². The zero-order valence-corrected chi connectivity index (χ0v) is 13.0. The second-order valence-corrected chi connectivity index (χ2v) is 5.40. The monoisotopic (exact) mass is 294 g/mol. The lowest BCUT2D eigenvalue weighted by molar-refractivity contribution is -0.118. The predicted octanol–water partition coefficient (Wildman–Crippen LogP) is 3.11. The minimum atomic E-state index is -0.415. The summed E-state index contributed by atoms with van der Waals surface area (Å²) in [5, 5.41) is 2.83. The highest BCUT2D eigenvalue weighted by atomic mass is 32.1. The van der Waals surface area contributed by atoms with Crippen molar-refractivity contribution < 1.29 is 9.53 Å². The summed E-state index contributed by atoms with van der Waals surface area (Å²) in [6.07, 6.45) is 1.64. The second kappa shape index (κ2) is 7.85. The molecule has 0 spiro atoms. The van der Waals surface area contributed by atoms with Gasteiger partial charge in [0, 0.05) is 5.69 Å². The molecule has 0 aliphatic rings. The maximum absolute atomic E-state index is 12.1. The van der Waals surface area contributed by atoms with Crippen molar-refractivity contribution in [2.45, 2.75) is 39.7 Å². The lowest BCUT2D eigenvalue weighted by Gasteiger charge is -2.15. The van der Waals surface area contributed by atoms with Crippen LogP contribution in [0.2, 0.25) is 0 Å². The van der Waals surface area contributed by atoms with Crippen LogP contribution in [0, 0.1) is 5.92 Å². The van der Waals surface area contributed by atoms with Gasteiger partial charge >= 0.3 is 0 Å². The summed E-state index contributed by atoms with van der Waals surface area (Å²) in [6, 6.07) is 7.26. The van der Waals surface area contributed by atoms with Crippen LogP contribution in [0.25, 0.3) is 0 Å². The first-order valence-electron chi connectivity index (χ1n) is 6.81. The highest BCUT2D eigenvalue weighted by Gasteiger charge is 2.20. The minimum Gasteiger partial charge on any atom is -0.491 e. The Kier molecular flexibility index (Phi) is 6.45. The van der Waals surface area contributed by atoms with Gasteiger partial charge in [-0.3, -0.25) is 4.79 Å². The number of ether oxygens (including phenoxy) is 1. The summed E-state index contributed by atoms with van der Waals surface area (Å²) in [7, 11) is 0. The molecule has 1 rings (SSSR count). The Labute approximate surface area is 125 Å². The first-order chi connectivity index (χ1) is 9.43. The third-order valence-corrected chi connectivity index (χ3v) is 3.02. The summed E-state index contributed by atoms with van der Waals surface area (Å²) in [6.45, 7) is 5.93. The van der Waals surface area contributed by atoms with Gasteiger partial charge in [0.15, 0.2) is 0 Å². The molecule has 1 amide bonds. The summed E-state index contributed by atoms with van der Waals surface area (Å²) in [4.78, 5) is 12.3. The van der Waals surface area contributed by atoms with Gasteiger partial charge in [0.1, 0.15) is 5.75 Å².